The predicted octanol–water partition coefficient (Wildman–Crippen LogP) is 6.95. The molecule has 4 aromatic rings. The third-order valence-corrected chi connectivity index (χ3v) is 7.82. The Bertz CT molecular complexity index is 1350. The van der Waals surface area contributed by atoms with E-state index in [0.29, 0.717) is 39.5 Å². The molecule has 0 bridgehead atoms. The SMILES string of the molecule is CC(C=O)C[C@H]1O[C@H](COCc2ccccc2)[C@@H](OCc2ccccc2)[C@H](OCc2ccccc2)[C@H]1OCc1ccccc1. The van der Waals surface area contributed by atoms with Gasteiger partial charge in [-0.3, -0.25) is 0 Å². The minimum Gasteiger partial charge on any atom is -0.374 e. The number of benzene rings is 4. The third-order valence-electron chi connectivity index (χ3n) is 7.82. The lowest BCUT2D eigenvalue weighted by atomic mass is 9.89. The molecule has 1 saturated heterocycles. The number of aldehydes is 1. The molecule has 6 heteroatoms. The van der Waals surface area contributed by atoms with Crippen molar-refractivity contribution in [2.75, 3.05) is 6.61 Å². The fourth-order valence-corrected chi connectivity index (χ4v) is 5.50. The first-order valence-electron chi connectivity index (χ1n) is 15.4. The third kappa shape index (κ3) is 9.42. The summed E-state index contributed by atoms with van der Waals surface area (Å²) in [5.41, 5.74) is 4.23. The van der Waals surface area contributed by atoms with Crippen molar-refractivity contribution in [3.05, 3.63) is 144 Å². The van der Waals surface area contributed by atoms with Crippen LogP contribution in [0.5, 0.6) is 0 Å². The molecule has 44 heavy (non-hydrogen) atoms. The lowest BCUT2D eigenvalue weighted by Gasteiger charge is -2.46. The maximum Gasteiger partial charge on any atom is 0.122 e. The Kier molecular flexibility index (Phi) is 12.3. The van der Waals surface area contributed by atoms with Gasteiger partial charge >= 0.3 is 0 Å². The molecular formula is C38H42O6. The van der Waals surface area contributed by atoms with Crippen LogP contribution in [0, 0.1) is 5.92 Å². The Morgan fingerprint density at radius 1 is 0.568 bits per heavy atom. The van der Waals surface area contributed by atoms with Crippen LogP contribution in [0.25, 0.3) is 0 Å². The van der Waals surface area contributed by atoms with Gasteiger partial charge in [0, 0.05) is 5.92 Å². The van der Waals surface area contributed by atoms with Crippen molar-refractivity contribution in [1.82, 2.24) is 0 Å². The fraction of sp³-hybridized carbons (Fsp3) is 0.342. The first kappa shape index (κ1) is 31.8. The largest absolute Gasteiger partial charge is 0.374 e. The molecule has 0 saturated carbocycles. The summed E-state index contributed by atoms with van der Waals surface area (Å²) in [6.07, 6.45) is -0.827. The highest BCUT2D eigenvalue weighted by Crippen LogP contribution is 2.33. The summed E-state index contributed by atoms with van der Waals surface area (Å²) < 4.78 is 33.0. The maximum atomic E-state index is 11.8. The lowest BCUT2D eigenvalue weighted by molar-refractivity contribution is -0.274. The molecular weight excluding hydrogens is 552 g/mol. The molecule has 4 aromatic carbocycles. The van der Waals surface area contributed by atoms with Gasteiger partial charge in [0.1, 0.15) is 30.7 Å². The Labute approximate surface area is 260 Å². The second-order valence-electron chi connectivity index (χ2n) is 11.3. The van der Waals surface area contributed by atoms with Crippen LogP contribution < -0.4 is 0 Å². The predicted molar refractivity (Wildman–Crippen MR) is 170 cm³/mol. The fourth-order valence-electron chi connectivity index (χ4n) is 5.50. The van der Waals surface area contributed by atoms with Gasteiger partial charge in [-0.05, 0) is 28.7 Å². The zero-order valence-corrected chi connectivity index (χ0v) is 25.3. The highest BCUT2D eigenvalue weighted by molar-refractivity contribution is 5.52. The Hall–Kier alpha value is -3.65. The summed E-state index contributed by atoms with van der Waals surface area (Å²) >= 11 is 0. The van der Waals surface area contributed by atoms with E-state index in [0.717, 1.165) is 28.5 Å². The van der Waals surface area contributed by atoms with E-state index in [4.69, 9.17) is 23.7 Å². The summed E-state index contributed by atoms with van der Waals surface area (Å²) in [6.45, 7) is 3.81. The van der Waals surface area contributed by atoms with Gasteiger partial charge < -0.3 is 28.5 Å². The molecule has 1 unspecified atom stereocenters. The van der Waals surface area contributed by atoms with Crippen LogP contribution in [0.4, 0.5) is 0 Å². The van der Waals surface area contributed by atoms with Crippen LogP contribution in [-0.2, 0) is 54.9 Å². The second-order valence-corrected chi connectivity index (χ2v) is 11.3. The van der Waals surface area contributed by atoms with Crippen molar-refractivity contribution >= 4 is 6.29 Å². The minimum atomic E-state index is -0.488. The van der Waals surface area contributed by atoms with Crippen molar-refractivity contribution in [3.63, 3.8) is 0 Å². The molecule has 230 valence electrons. The first-order valence-corrected chi connectivity index (χ1v) is 15.4. The Balaban J connectivity index is 1.43. The summed E-state index contributed by atoms with van der Waals surface area (Å²) in [5, 5.41) is 0. The molecule has 1 fully saturated rings. The zero-order chi connectivity index (χ0) is 30.4. The van der Waals surface area contributed by atoms with Crippen LogP contribution in [-0.4, -0.2) is 43.4 Å². The molecule has 6 nitrogen and oxygen atoms in total. The van der Waals surface area contributed by atoms with Crippen LogP contribution in [0.2, 0.25) is 0 Å². The van der Waals surface area contributed by atoms with Crippen LogP contribution in [0.1, 0.15) is 35.6 Å². The molecule has 0 aromatic heterocycles. The van der Waals surface area contributed by atoms with E-state index >= 15 is 0 Å². The van der Waals surface area contributed by atoms with E-state index in [2.05, 4.69) is 0 Å². The Morgan fingerprint density at radius 2 is 0.955 bits per heavy atom. The average Bonchev–Trinajstić information content (AvgIpc) is 3.08. The number of carbonyl (C=O) groups excluding carboxylic acids is 1. The van der Waals surface area contributed by atoms with Gasteiger partial charge in [-0.2, -0.15) is 0 Å². The van der Waals surface area contributed by atoms with Crippen LogP contribution in [0.15, 0.2) is 121 Å². The van der Waals surface area contributed by atoms with Gasteiger partial charge in [-0.15, -0.1) is 0 Å². The lowest BCUT2D eigenvalue weighted by Crippen LogP contribution is -2.61. The van der Waals surface area contributed by atoms with Gasteiger partial charge in [0.2, 0.25) is 0 Å². The quantitative estimate of drug-likeness (QED) is 0.131. The summed E-state index contributed by atoms with van der Waals surface area (Å²) in [5.74, 6) is -0.217. The van der Waals surface area contributed by atoms with Crippen molar-refractivity contribution in [2.24, 2.45) is 5.92 Å². The molecule has 1 aliphatic heterocycles. The molecule has 1 heterocycles. The number of carbonyl (C=O) groups is 1. The summed E-state index contributed by atoms with van der Waals surface area (Å²) in [4.78, 5) is 11.8. The van der Waals surface area contributed by atoms with Crippen LogP contribution in [0.3, 0.4) is 0 Å². The van der Waals surface area contributed by atoms with Gasteiger partial charge in [0.15, 0.2) is 0 Å². The normalized spacial score (nSPS) is 22.3. The van der Waals surface area contributed by atoms with E-state index in [1.54, 1.807) is 0 Å². The van der Waals surface area contributed by atoms with E-state index in [9.17, 15) is 4.79 Å². The molecule has 0 spiro atoms. The zero-order valence-electron chi connectivity index (χ0n) is 25.3. The van der Waals surface area contributed by atoms with E-state index < -0.39 is 30.5 Å². The van der Waals surface area contributed by atoms with Crippen molar-refractivity contribution in [3.8, 4) is 0 Å². The van der Waals surface area contributed by atoms with Gasteiger partial charge in [-0.1, -0.05) is 128 Å². The van der Waals surface area contributed by atoms with Crippen molar-refractivity contribution in [2.45, 2.75) is 70.3 Å². The molecule has 0 radical (unpaired) electrons. The number of rotatable bonds is 16. The highest BCUT2D eigenvalue weighted by Gasteiger charge is 2.48. The summed E-state index contributed by atoms with van der Waals surface area (Å²) in [6, 6.07) is 40.3. The number of hydrogen-bond donors (Lipinski definition) is 0. The molecule has 0 N–H and O–H groups in total. The molecule has 6 atom stereocenters. The molecule has 0 aliphatic carbocycles. The first-order chi connectivity index (χ1) is 21.7. The van der Waals surface area contributed by atoms with E-state index in [1.165, 1.54) is 0 Å². The standard InChI is InChI=1S/C38H42O6/c1-29(23-39)22-34-36(41-25-31-16-8-3-9-17-31)38(43-27-33-20-12-5-13-21-33)37(42-26-32-18-10-4-11-19-32)35(44-34)28-40-24-30-14-6-2-7-15-30/h2-21,23,29,34-38H,22,24-28H2,1H3/t29?,34-,35-,36+,37-,38-/m1/s1. The number of ether oxygens (including phenoxy) is 5. The smallest absolute Gasteiger partial charge is 0.122 e. The van der Waals surface area contributed by atoms with E-state index in [-0.39, 0.29) is 5.92 Å². The van der Waals surface area contributed by atoms with Gasteiger partial charge in [-0.25, -0.2) is 0 Å². The molecule has 1 aliphatic rings. The van der Waals surface area contributed by atoms with Crippen molar-refractivity contribution in [1.29, 1.82) is 0 Å². The second kappa shape index (κ2) is 17.0. The highest BCUT2D eigenvalue weighted by atomic mass is 16.6. The minimum absolute atomic E-state index is 0.217. The van der Waals surface area contributed by atoms with Gasteiger partial charge in [0.25, 0.3) is 0 Å². The monoisotopic (exact) mass is 594 g/mol. The van der Waals surface area contributed by atoms with Gasteiger partial charge in [0.05, 0.1) is 39.1 Å². The summed E-state index contributed by atoms with van der Waals surface area (Å²) in [7, 11) is 0. The van der Waals surface area contributed by atoms with E-state index in [1.807, 2.05) is 128 Å². The molecule has 5 rings (SSSR count). The number of hydrogen-bond acceptors (Lipinski definition) is 6. The van der Waals surface area contributed by atoms with Crippen molar-refractivity contribution < 1.29 is 28.5 Å². The Morgan fingerprint density at radius 3 is 1.39 bits per heavy atom. The topological polar surface area (TPSA) is 63.2 Å². The molecule has 0 amide bonds. The van der Waals surface area contributed by atoms with Crippen LogP contribution >= 0.6 is 0 Å². The average molecular weight is 595 g/mol. The maximum absolute atomic E-state index is 11.8.